The number of aromatic nitrogens is 2. The number of thioether (sulfide) groups is 1. The molecule has 0 atom stereocenters. The number of hydrogen-bond donors (Lipinski definition) is 1. The van der Waals surface area contributed by atoms with Gasteiger partial charge in [-0.15, -0.1) is 0 Å². The lowest BCUT2D eigenvalue weighted by molar-refractivity contribution is 0.852. The summed E-state index contributed by atoms with van der Waals surface area (Å²) in [5.74, 6) is 1.57. The SMILES string of the molecule is C=C1NC(SC)=Nc2ccnn21. The standard InChI is InChI=1S/C7H8N4S/c1-5-9-7(12-2)10-6-3-4-8-11(5)6/h3-4H,1H2,2H3,(H,9,10). The molecule has 4 nitrogen and oxygen atoms in total. The first kappa shape index (κ1) is 7.42. The maximum absolute atomic E-state index is 4.28. The van der Waals surface area contributed by atoms with Gasteiger partial charge in [-0.3, -0.25) is 0 Å². The molecule has 2 rings (SSSR count). The molecule has 1 aromatic rings. The summed E-state index contributed by atoms with van der Waals surface area (Å²) >= 11 is 1.55. The average molecular weight is 180 g/mol. The van der Waals surface area contributed by atoms with Crippen LogP contribution in [0.4, 0.5) is 5.82 Å². The van der Waals surface area contributed by atoms with Crippen LogP contribution in [0, 0.1) is 0 Å². The molecule has 0 aliphatic carbocycles. The van der Waals surface area contributed by atoms with Gasteiger partial charge < -0.3 is 5.32 Å². The maximum atomic E-state index is 4.28. The summed E-state index contributed by atoms with van der Waals surface area (Å²) in [7, 11) is 0. The first-order chi connectivity index (χ1) is 5.81. The maximum Gasteiger partial charge on any atom is 0.168 e. The van der Waals surface area contributed by atoms with Crippen LogP contribution in [-0.4, -0.2) is 21.2 Å². The second-order valence-electron chi connectivity index (χ2n) is 2.29. The predicted octanol–water partition coefficient (Wildman–Crippen LogP) is 1.27. The fraction of sp³-hybridized carbons (Fsp3) is 0.143. The minimum atomic E-state index is 0.745. The largest absolute Gasteiger partial charge is 0.320 e. The van der Waals surface area contributed by atoms with Crippen LogP contribution >= 0.6 is 11.8 Å². The van der Waals surface area contributed by atoms with Crippen molar-refractivity contribution in [3.05, 3.63) is 18.8 Å². The van der Waals surface area contributed by atoms with E-state index < -0.39 is 0 Å². The van der Waals surface area contributed by atoms with Crippen LogP contribution in [0.15, 0.2) is 23.8 Å². The van der Waals surface area contributed by atoms with Crippen molar-refractivity contribution in [2.45, 2.75) is 0 Å². The van der Waals surface area contributed by atoms with Crippen LogP contribution in [0.2, 0.25) is 0 Å². The van der Waals surface area contributed by atoms with Crippen LogP contribution in [0.3, 0.4) is 0 Å². The highest BCUT2D eigenvalue weighted by molar-refractivity contribution is 8.13. The number of amidine groups is 1. The molecule has 0 unspecified atom stereocenters. The highest BCUT2D eigenvalue weighted by Crippen LogP contribution is 2.20. The van der Waals surface area contributed by atoms with Crippen molar-refractivity contribution in [1.29, 1.82) is 0 Å². The molecule has 0 bridgehead atoms. The second-order valence-corrected chi connectivity index (χ2v) is 3.09. The summed E-state index contributed by atoms with van der Waals surface area (Å²) < 4.78 is 1.67. The third-order valence-corrected chi connectivity index (χ3v) is 2.12. The minimum absolute atomic E-state index is 0.745. The Morgan fingerprint density at radius 1 is 1.67 bits per heavy atom. The van der Waals surface area contributed by atoms with Gasteiger partial charge in [0.15, 0.2) is 11.0 Å². The molecular weight excluding hydrogens is 172 g/mol. The summed E-state index contributed by atoms with van der Waals surface area (Å²) in [6.07, 6.45) is 3.67. The molecule has 0 fully saturated rings. The quantitative estimate of drug-likeness (QED) is 0.653. The molecule has 1 N–H and O–H groups in total. The van der Waals surface area contributed by atoms with Gasteiger partial charge in [0.05, 0.1) is 6.20 Å². The first-order valence-electron chi connectivity index (χ1n) is 3.44. The smallest absolute Gasteiger partial charge is 0.168 e. The third-order valence-electron chi connectivity index (χ3n) is 1.54. The van der Waals surface area contributed by atoms with E-state index in [0.29, 0.717) is 0 Å². The Bertz CT molecular complexity index is 352. The van der Waals surface area contributed by atoms with Gasteiger partial charge in [-0.05, 0) is 6.26 Å². The molecule has 0 amide bonds. The Labute approximate surface area is 74.4 Å². The van der Waals surface area contributed by atoms with E-state index in [1.165, 1.54) is 0 Å². The zero-order valence-corrected chi connectivity index (χ0v) is 7.43. The topological polar surface area (TPSA) is 42.2 Å². The Kier molecular flexibility index (Phi) is 1.65. The van der Waals surface area contributed by atoms with E-state index in [2.05, 4.69) is 22.0 Å². The van der Waals surface area contributed by atoms with Gasteiger partial charge in [-0.25, -0.2) is 4.99 Å². The van der Waals surface area contributed by atoms with Gasteiger partial charge in [-0.1, -0.05) is 18.3 Å². The van der Waals surface area contributed by atoms with E-state index in [4.69, 9.17) is 0 Å². The van der Waals surface area contributed by atoms with Crippen molar-refractivity contribution in [2.24, 2.45) is 4.99 Å². The summed E-state index contributed by atoms with van der Waals surface area (Å²) in [5.41, 5.74) is 0. The Morgan fingerprint density at radius 2 is 2.50 bits per heavy atom. The zero-order chi connectivity index (χ0) is 8.55. The third kappa shape index (κ3) is 1.02. The lowest BCUT2D eigenvalue weighted by Gasteiger charge is -2.16. The molecular formula is C7H8N4S. The Hall–Kier alpha value is -1.23. The minimum Gasteiger partial charge on any atom is -0.320 e. The van der Waals surface area contributed by atoms with Gasteiger partial charge in [-0.2, -0.15) is 9.78 Å². The summed E-state index contributed by atoms with van der Waals surface area (Å²) in [6, 6.07) is 1.85. The number of fused-ring (bicyclic) bond motifs is 1. The molecule has 0 aromatic carbocycles. The molecule has 0 radical (unpaired) electrons. The van der Waals surface area contributed by atoms with Crippen molar-refractivity contribution < 1.29 is 0 Å². The molecule has 1 aliphatic heterocycles. The van der Waals surface area contributed by atoms with E-state index in [-0.39, 0.29) is 0 Å². The summed E-state index contributed by atoms with van der Waals surface area (Å²) in [4.78, 5) is 4.28. The second kappa shape index (κ2) is 2.67. The Morgan fingerprint density at radius 3 is 3.25 bits per heavy atom. The van der Waals surface area contributed by atoms with Gasteiger partial charge in [0.25, 0.3) is 0 Å². The molecule has 0 spiro atoms. The zero-order valence-electron chi connectivity index (χ0n) is 6.61. The summed E-state index contributed by atoms with van der Waals surface area (Å²) in [6.45, 7) is 3.82. The number of nitrogens with zero attached hydrogens (tertiary/aromatic N) is 3. The lowest BCUT2D eigenvalue weighted by atomic mass is 10.6. The number of rotatable bonds is 0. The van der Waals surface area contributed by atoms with E-state index in [1.807, 2.05) is 12.3 Å². The fourth-order valence-electron chi connectivity index (χ4n) is 0.994. The van der Waals surface area contributed by atoms with E-state index in [9.17, 15) is 0 Å². The number of nitrogens with one attached hydrogen (secondary N) is 1. The van der Waals surface area contributed by atoms with Crippen molar-refractivity contribution in [2.75, 3.05) is 6.26 Å². The fourth-order valence-corrected chi connectivity index (χ4v) is 1.40. The van der Waals surface area contributed by atoms with Crippen LogP contribution in [0.25, 0.3) is 5.82 Å². The van der Waals surface area contributed by atoms with Gasteiger partial charge in [0.2, 0.25) is 0 Å². The van der Waals surface area contributed by atoms with Crippen molar-refractivity contribution in [3.63, 3.8) is 0 Å². The monoisotopic (exact) mass is 180 g/mol. The molecule has 0 saturated carbocycles. The van der Waals surface area contributed by atoms with Gasteiger partial charge in [0.1, 0.15) is 5.82 Å². The van der Waals surface area contributed by atoms with Crippen molar-refractivity contribution in [3.8, 4) is 0 Å². The van der Waals surface area contributed by atoms with Crippen LogP contribution < -0.4 is 5.32 Å². The molecule has 5 heteroatoms. The van der Waals surface area contributed by atoms with Crippen LogP contribution in [-0.2, 0) is 0 Å². The van der Waals surface area contributed by atoms with E-state index in [1.54, 1.807) is 22.6 Å². The number of aliphatic imine (C=N–C) groups is 1. The molecule has 2 heterocycles. The van der Waals surface area contributed by atoms with Gasteiger partial charge in [0, 0.05) is 6.07 Å². The van der Waals surface area contributed by atoms with E-state index >= 15 is 0 Å². The summed E-state index contributed by atoms with van der Waals surface area (Å²) in [5, 5.41) is 7.93. The normalized spacial score (nSPS) is 15.1. The van der Waals surface area contributed by atoms with Crippen molar-refractivity contribution >= 4 is 28.6 Å². The molecule has 1 aliphatic rings. The Balaban J connectivity index is 2.49. The van der Waals surface area contributed by atoms with Crippen molar-refractivity contribution in [1.82, 2.24) is 15.1 Å². The highest BCUT2D eigenvalue weighted by Gasteiger charge is 2.12. The molecule has 12 heavy (non-hydrogen) atoms. The average Bonchev–Trinajstić information content (AvgIpc) is 2.52. The lowest BCUT2D eigenvalue weighted by Crippen LogP contribution is -2.25. The highest BCUT2D eigenvalue weighted by atomic mass is 32.2. The number of hydrogen-bond acceptors (Lipinski definition) is 4. The van der Waals surface area contributed by atoms with Crippen LogP contribution in [0.1, 0.15) is 0 Å². The molecule has 62 valence electrons. The first-order valence-corrected chi connectivity index (χ1v) is 4.67. The molecule has 1 aromatic heterocycles. The molecule has 0 saturated heterocycles. The van der Waals surface area contributed by atoms with Gasteiger partial charge >= 0.3 is 0 Å². The van der Waals surface area contributed by atoms with Crippen LogP contribution in [0.5, 0.6) is 0 Å². The predicted molar refractivity (Wildman–Crippen MR) is 51.3 cm³/mol. The van der Waals surface area contributed by atoms with E-state index in [0.717, 1.165) is 16.8 Å².